The first-order chi connectivity index (χ1) is 7.67. The molecule has 0 aliphatic rings. The minimum Gasteiger partial charge on any atom is -0.493 e. The third kappa shape index (κ3) is 3.81. The van der Waals surface area contributed by atoms with Gasteiger partial charge in [0.15, 0.2) is 0 Å². The van der Waals surface area contributed by atoms with Crippen LogP contribution in [0.1, 0.15) is 32.3 Å². The second-order valence-electron chi connectivity index (χ2n) is 3.97. The van der Waals surface area contributed by atoms with E-state index in [-0.39, 0.29) is 11.9 Å². The Bertz CT molecular complexity index is 328. The third-order valence-electron chi connectivity index (χ3n) is 2.49. The minimum atomic E-state index is -0.234. The van der Waals surface area contributed by atoms with Gasteiger partial charge in [-0.15, -0.1) is 0 Å². The molecule has 16 heavy (non-hydrogen) atoms. The van der Waals surface area contributed by atoms with Gasteiger partial charge in [-0.2, -0.15) is 0 Å². The van der Waals surface area contributed by atoms with Crippen LogP contribution in [-0.4, -0.2) is 12.6 Å². The molecule has 0 spiro atoms. The fourth-order valence-electron chi connectivity index (χ4n) is 1.49. The highest BCUT2D eigenvalue weighted by atomic mass is 19.1. The number of halogens is 1. The Labute approximate surface area is 96.6 Å². The fourth-order valence-corrected chi connectivity index (χ4v) is 1.49. The van der Waals surface area contributed by atoms with E-state index < -0.39 is 0 Å². The number of ether oxygens (including phenoxy) is 1. The average molecular weight is 225 g/mol. The van der Waals surface area contributed by atoms with Crippen molar-refractivity contribution in [3.05, 3.63) is 29.6 Å². The summed E-state index contributed by atoms with van der Waals surface area (Å²) in [6.07, 6.45) is 2.48. The first-order valence-corrected chi connectivity index (χ1v) is 5.84. The van der Waals surface area contributed by atoms with Gasteiger partial charge in [0.2, 0.25) is 0 Å². The molecule has 0 aliphatic carbocycles. The molecule has 0 radical (unpaired) electrons. The van der Waals surface area contributed by atoms with E-state index in [2.05, 4.69) is 0 Å². The SMILES string of the molecule is CCCOc1ccc(F)cc1CC(N)CC. The molecular formula is C13H20FNO. The minimum absolute atomic E-state index is 0.0609. The van der Waals surface area contributed by atoms with Crippen LogP contribution in [0.2, 0.25) is 0 Å². The summed E-state index contributed by atoms with van der Waals surface area (Å²) >= 11 is 0. The van der Waals surface area contributed by atoms with Crippen molar-refractivity contribution in [1.82, 2.24) is 0 Å². The van der Waals surface area contributed by atoms with Crippen molar-refractivity contribution in [2.24, 2.45) is 5.73 Å². The Morgan fingerprint density at radius 3 is 2.75 bits per heavy atom. The van der Waals surface area contributed by atoms with Crippen LogP contribution in [-0.2, 0) is 6.42 Å². The van der Waals surface area contributed by atoms with Gasteiger partial charge >= 0.3 is 0 Å². The molecule has 90 valence electrons. The molecular weight excluding hydrogens is 205 g/mol. The fraction of sp³-hybridized carbons (Fsp3) is 0.538. The van der Waals surface area contributed by atoms with E-state index in [9.17, 15) is 4.39 Å². The molecule has 0 fully saturated rings. The predicted octanol–water partition coefficient (Wildman–Crippen LogP) is 2.89. The standard InChI is InChI=1S/C13H20FNO/c1-3-7-16-13-6-5-11(14)8-10(13)9-12(15)4-2/h5-6,8,12H,3-4,7,9,15H2,1-2H3. The second-order valence-corrected chi connectivity index (χ2v) is 3.97. The Balaban J connectivity index is 2.80. The van der Waals surface area contributed by atoms with Gasteiger partial charge in [-0.25, -0.2) is 4.39 Å². The molecule has 0 aliphatic heterocycles. The zero-order valence-corrected chi connectivity index (χ0v) is 10.0. The van der Waals surface area contributed by atoms with Gasteiger partial charge in [0.05, 0.1) is 6.61 Å². The van der Waals surface area contributed by atoms with E-state index in [0.29, 0.717) is 13.0 Å². The van der Waals surface area contributed by atoms with Crippen molar-refractivity contribution in [3.8, 4) is 5.75 Å². The Kier molecular flexibility index (Phi) is 5.26. The summed E-state index contributed by atoms with van der Waals surface area (Å²) in [5, 5.41) is 0. The lowest BCUT2D eigenvalue weighted by atomic mass is 10.0. The number of rotatable bonds is 6. The van der Waals surface area contributed by atoms with E-state index in [4.69, 9.17) is 10.5 Å². The van der Waals surface area contributed by atoms with Gasteiger partial charge in [-0.05, 0) is 43.0 Å². The van der Waals surface area contributed by atoms with E-state index >= 15 is 0 Å². The van der Waals surface area contributed by atoms with Gasteiger partial charge in [0.25, 0.3) is 0 Å². The number of benzene rings is 1. The van der Waals surface area contributed by atoms with E-state index in [1.165, 1.54) is 12.1 Å². The zero-order chi connectivity index (χ0) is 12.0. The summed E-state index contributed by atoms with van der Waals surface area (Å²) in [6.45, 7) is 4.72. The summed E-state index contributed by atoms with van der Waals surface area (Å²) in [7, 11) is 0. The molecule has 2 nitrogen and oxygen atoms in total. The molecule has 0 amide bonds. The molecule has 1 unspecified atom stereocenters. The summed E-state index contributed by atoms with van der Waals surface area (Å²) in [5.74, 6) is 0.523. The Morgan fingerprint density at radius 2 is 2.12 bits per heavy atom. The van der Waals surface area contributed by atoms with Gasteiger partial charge in [0, 0.05) is 6.04 Å². The van der Waals surface area contributed by atoms with Gasteiger partial charge in [-0.1, -0.05) is 13.8 Å². The molecule has 1 atom stereocenters. The average Bonchev–Trinajstić information content (AvgIpc) is 2.28. The lowest BCUT2D eigenvalue weighted by Gasteiger charge is -2.14. The van der Waals surface area contributed by atoms with Crippen LogP contribution < -0.4 is 10.5 Å². The summed E-state index contributed by atoms with van der Waals surface area (Å²) in [6, 6.07) is 4.68. The Hall–Kier alpha value is -1.09. The van der Waals surface area contributed by atoms with Crippen molar-refractivity contribution in [2.75, 3.05) is 6.61 Å². The van der Waals surface area contributed by atoms with Crippen LogP contribution in [0.5, 0.6) is 5.75 Å². The van der Waals surface area contributed by atoms with E-state index in [0.717, 1.165) is 24.2 Å². The molecule has 2 N–H and O–H groups in total. The molecule has 0 aromatic heterocycles. The van der Waals surface area contributed by atoms with Crippen LogP contribution in [0, 0.1) is 5.82 Å². The highest BCUT2D eigenvalue weighted by molar-refractivity contribution is 5.34. The highest BCUT2D eigenvalue weighted by Gasteiger charge is 2.09. The third-order valence-corrected chi connectivity index (χ3v) is 2.49. The molecule has 3 heteroatoms. The molecule has 1 rings (SSSR count). The van der Waals surface area contributed by atoms with Crippen molar-refractivity contribution in [1.29, 1.82) is 0 Å². The normalized spacial score (nSPS) is 12.5. The van der Waals surface area contributed by atoms with Crippen molar-refractivity contribution in [3.63, 3.8) is 0 Å². The molecule has 1 aromatic rings. The lowest BCUT2D eigenvalue weighted by molar-refractivity contribution is 0.312. The first-order valence-electron chi connectivity index (χ1n) is 5.84. The molecule has 0 saturated heterocycles. The number of hydrogen-bond acceptors (Lipinski definition) is 2. The van der Waals surface area contributed by atoms with Crippen LogP contribution >= 0.6 is 0 Å². The van der Waals surface area contributed by atoms with E-state index in [1.54, 1.807) is 6.07 Å². The Morgan fingerprint density at radius 1 is 1.38 bits per heavy atom. The molecule has 0 bridgehead atoms. The van der Waals surface area contributed by atoms with Crippen molar-refractivity contribution in [2.45, 2.75) is 39.2 Å². The van der Waals surface area contributed by atoms with Crippen LogP contribution in [0.25, 0.3) is 0 Å². The van der Waals surface area contributed by atoms with Gasteiger partial charge in [-0.3, -0.25) is 0 Å². The van der Waals surface area contributed by atoms with E-state index in [1.807, 2.05) is 13.8 Å². The van der Waals surface area contributed by atoms with Crippen LogP contribution in [0.15, 0.2) is 18.2 Å². The van der Waals surface area contributed by atoms with Crippen molar-refractivity contribution >= 4 is 0 Å². The number of hydrogen-bond donors (Lipinski definition) is 1. The second kappa shape index (κ2) is 6.48. The predicted molar refractivity (Wildman–Crippen MR) is 64.2 cm³/mol. The summed E-state index contributed by atoms with van der Waals surface area (Å²) in [4.78, 5) is 0. The molecule has 0 heterocycles. The zero-order valence-electron chi connectivity index (χ0n) is 10.0. The monoisotopic (exact) mass is 225 g/mol. The van der Waals surface area contributed by atoms with Crippen LogP contribution in [0.3, 0.4) is 0 Å². The maximum absolute atomic E-state index is 13.1. The quantitative estimate of drug-likeness (QED) is 0.808. The van der Waals surface area contributed by atoms with Gasteiger partial charge < -0.3 is 10.5 Å². The summed E-state index contributed by atoms with van der Waals surface area (Å²) < 4.78 is 18.7. The topological polar surface area (TPSA) is 35.2 Å². The lowest BCUT2D eigenvalue weighted by Crippen LogP contribution is -2.21. The largest absolute Gasteiger partial charge is 0.493 e. The molecule has 1 aromatic carbocycles. The highest BCUT2D eigenvalue weighted by Crippen LogP contribution is 2.21. The summed E-state index contributed by atoms with van der Waals surface area (Å²) in [5.41, 5.74) is 6.74. The molecule has 0 saturated carbocycles. The smallest absolute Gasteiger partial charge is 0.123 e. The van der Waals surface area contributed by atoms with Gasteiger partial charge in [0.1, 0.15) is 11.6 Å². The maximum atomic E-state index is 13.1. The number of nitrogens with two attached hydrogens (primary N) is 1. The van der Waals surface area contributed by atoms with Crippen molar-refractivity contribution < 1.29 is 9.13 Å². The first kappa shape index (κ1) is 13.0. The van der Waals surface area contributed by atoms with Crippen LogP contribution in [0.4, 0.5) is 4.39 Å². The maximum Gasteiger partial charge on any atom is 0.123 e.